The lowest BCUT2D eigenvalue weighted by atomic mass is 10.3. The smallest absolute Gasteiger partial charge is 0.250 e. The minimum Gasteiger partial charge on any atom is -0.360 e. The maximum absolute atomic E-state index is 11.5. The first-order valence-corrected chi connectivity index (χ1v) is 6.77. The first kappa shape index (κ1) is 12.8. The molecule has 5 nitrogen and oxygen atoms in total. The second-order valence-electron chi connectivity index (χ2n) is 4.06. The number of nitrogens with one attached hydrogen (secondary N) is 1. The molecule has 0 saturated carbocycles. The number of aryl methyl sites for hydroxylation is 1. The SMILES string of the molecule is CCCCNc1nnc(-c2ccn(C)c(=O)c2)s1. The summed E-state index contributed by atoms with van der Waals surface area (Å²) >= 11 is 1.47. The number of aromatic nitrogens is 3. The fourth-order valence-corrected chi connectivity index (χ4v) is 2.23. The van der Waals surface area contributed by atoms with E-state index in [1.807, 2.05) is 6.07 Å². The molecule has 2 aromatic heterocycles. The van der Waals surface area contributed by atoms with Gasteiger partial charge in [0.05, 0.1) is 0 Å². The molecule has 0 aliphatic rings. The first-order valence-electron chi connectivity index (χ1n) is 5.95. The average Bonchev–Trinajstić information content (AvgIpc) is 2.82. The summed E-state index contributed by atoms with van der Waals surface area (Å²) in [4.78, 5) is 11.5. The monoisotopic (exact) mass is 264 g/mol. The van der Waals surface area contributed by atoms with Crippen molar-refractivity contribution in [2.45, 2.75) is 19.8 Å². The van der Waals surface area contributed by atoms with Crippen LogP contribution in [0.15, 0.2) is 23.1 Å². The Labute approximate surface area is 110 Å². The minimum atomic E-state index is -0.0387. The van der Waals surface area contributed by atoms with Crippen LogP contribution in [-0.2, 0) is 7.05 Å². The number of rotatable bonds is 5. The Balaban J connectivity index is 2.13. The molecule has 0 saturated heterocycles. The third-order valence-corrected chi connectivity index (χ3v) is 3.51. The van der Waals surface area contributed by atoms with Gasteiger partial charge in [0.25, 0.3) is 5.56 Å². The zero-order valence-electron chi connectivity index (χ0n) is 10.5. The van der Waals surface area contributed by atoms with Gasteiger partial charge in [-0.05, 0) is 12.5 Å². The van der Waals surface area contributed by atoms with Crippen molar-refractivity contribution < 1.29 is 0 Å². The van der Waals surface area contributed by atoms with Crippen LogP contribution < -0.4 is 10.9 Å². The summed E-state index contributed by atoms with van der Waals surface area (Å²) in [6.07, 6.45) is 4.00. The Kier molecular flexibility index (Phi) is 4.09. The molecule has 0 fully saturated rings. The first-order chi connectivity index (χ1) is 8.70. The van der Waals surface area contributed by atoms with Gasteiger partial charge in [-0.15, -0.1) is 10.2 Å². The Morgan fingerprint density at radius 2 is 2.28 bits per heavy atom. The number of pyridine rings is 1. The molecule has 2 aromatic rings. The van der Waals surface area contributed by atoms with Crippen molar-refractivity contribution in [1.29, 1.82) is 0 Å². The van der Waals surface area contributed by atoms with Crippen molar-refractivity contribution in [3.8, 4) is 10.6 Å². The lowest BCUT2D eigenvalue weighted by Crippen LogP contribution is -2.13. The standard InChI is InChI=1S/C12H16N4OS/c1-3-4-6-13-12-15-14-11(18-12)9-5-7-16(2)10(17)8-9/h5,7-8H,3-4,6H2,1-2H3,(H,13,15). The second kappa shape index (κ2) is 5.77. The van der Waals surface area contributed by atoms with E-state index < -0.39 is 0 Å². The molecular weight excluding hydrogens is 248 g/mol. The lowest BCUT2D eigenvalue weighted by Gasteiger charge is -1.98. The van der Waals surface area contributed by atoms with E-state index in [1.165, 1.54) is 15.9 Å². The number of hydrogen-bond acceptors (Lipinski definition) is 5. The van der Waals surface area contributed by atoms with Crippen molar-refractivity contribution in [2.24, 2.45) is 7.05 Å². The molecule has 0 aromatic carbocycles. The van der Waals surface area contributed by atoms with Gasteiger partial charge in [0.15, 0.2) is 0 Å². The van der Waals surface area contributed by atoms with Crippen LogP contribution in [0.1, 0.15) is 19.8 Å². The molecule has 0 spiro atoms. The van der Waals surface area contributed by atoms with Crippen LogP contribution in [0.2, 0.25) is 0 Å². The molecule has 96 valence electrons. The van der Waals surface area contributed by atoms with Crippen molar-refractivity contribution in [3.63, 3.8) is 0 Å². The van der Waals surface area contributed by atoms with Crippen molar-refractivity contribution >= 4 is 16.5 Å². The van der Waals surface area contributed by atoms with Crippen LogP contribution in [0.5, 0.6) is 0 Å². The van der Waals surface area contributed by atoms with Gasteiger partial charge in [0.2, 0.25) is 5.13 Å². The third kappa shape index (κ3) is 2.95. The molecule has 2 heterocycles. The molecule has 0 bridgehead atoms. The fourth-order valence-electron chi connectivity index (χ4n) is 1.46. The van der Waals surface area contributed by atoms with Gasteiger partial charge in [-0.2, -0.15) is 0 Å². The quantitative estimate of drug-likeness (QED) is 0.840. The average molecular weight is 264 g/mol. The molecule has 2 rings (SSSR count). The summed E-state index contributed by atoms with van der Waals surface area (Å²) in [5, 5.41) is 13.0. The largest absolute Gasteiger partial charge is 0.360 e. The zero-order chi connectivity index (χ0) is 13.0. The molecule has 0 atom stereocenters. The molecule has 0 unspecified atom stereocenters. The minimum absolute atomic E-state index is 0.0387. The van der Waals surface area contributed by atoms with Crippen LogP contribution >= 0.6 is 11.3 Å². The third-order valence-electron chi connectivity index (χ3n) is 2.58. The lowest BCUT2D eigenvalue weighted by molar-refractivity contribution is 0.831. The van der Waals surface area contributed by atoms with Gasteiger partial charge < -0.3 is 9.88 Å². The molecule has 0 radical (unpaired) electrons. The summed E-state index contributed by atoms with van der Waals surface area (Å²) in [6.45, 7) is 3.05. The van der Waals surface area contributed by atoms with E-state index in [2.05, 4.69) is 22.4 Å². The molecule has 0 aliphatic carbocycles. The molecule has 0 amide bonds. The molecule has 6 heteroatoms. The Morgan fingerprint density at radius 3 is 3.00 bits per heavy atom. The van der Waals surface area contributed by atoms with E-state index in [-0.39, 0.29) is 5.56 Å². The molecule has 1 N–H and O–H groups in total. The van der Waals surface area contributed by atoms with E-state index in [1.54, 1.807) is 19.3 Å². The molecule has 0 aliphatic heterocycles. The highest BCUT2D eigenvalue weighted by atomic mass is 32.1. The number of unbranched alkanes of at least 4 members (excludes halogenated alkanes) is 1. The highest BCUT2D eigenvalue weighted by molar-refractivity contribution is 7.18. The van der Waals surface area contributed by atoms with Crippen molar-refractivity contribution in [2.75, 3.05) is 11.9 Å². The van der Waals surface area contributed by atoms with Gasteiger partial charge in [-0.25, -0.2) is 0 Å². The van der Waals surface area contributed by atoms with Crippen molar-refractivity contribution in [3.05, 3.63) is 28.7 Å². The van der Waals surface area contributed by atoms with Gasteiger partial charge in [0, 0.05) is 31.4 Å². The maximum atomic E-state index is 11.5. The van der Waals surface area contributed by atoms with Crippen LogP contribution in [-0.4, -0.2) is 21.3 Å². The highest BCUT2D eigenvalue weighted by Gasteiger charge is 2.07. The number of nitrogens with zero attached hydrogens (tertiary/aromatic N) is 3. The Morgan fingerprint density at radius 1 is 1.44 bits per heavy atom. The van der Waals surface area contributed by atoms with E-state index in [4.69, 9.17) is 0 Å². The summed E-state index contributed by atoms with van der Waals surface area (Å²) in [7, 11) is 1.73. The summed E-state index contributed by atoms with van der Waals surface area (Å²) in [5.74, 6) is 0. The zero-order valence-corrected chi connectivity index (χ0v) is 11.3. The van der Waals surface area contributed by atoms with Crippen LogP contribution in [0.3, 0.4) is 0 Å². The van der Waals surface area contributed by atoms with E-state index in [0.29, 0.717) is 0 Å². The normalized spacial score (nSPS) is 10.6. The van der Waals surface area contributed by atoms with E-state index in [0.717, 1.165) is 35.1 Å². The highest BCUT2D eigenvalue weighted by Crippen LogP contribution is 2.24. The Bertz CT molecular complexity index is 575. The second-order valence-corrected chi connectivity index (χ2v) is 5.03. The maximum Gasteiger partial charge on any atom is 0.250 e. The van der Waals surface area contributed by atoms with Crippen LogP contribution in [0, 0.1) is 0 Å². The molecular formula is C12H16N4OS. The predicted molar refractivity (Wildman–Crippen MR) is 74.0 cm³/mol. The summed E-state index contributed by atoms with van der Waals surface area (Å²) in [5.41, 5.74) is 0.780. The number of hydrogen-bond donors (Lipinski definition) is 1. The van der Waals surface area contributed by atoms with Gasteiger partial charge in [-0.3, -0.25) is 4.79 Å². The van der Waals surface area contributed by atoms with Crippen LogP contribution in [0.4, 0.5) is 5.13 Å². The van der Waals surface area contributed by atoms with Crippen LogP contribution in [0.25, 0.3) is 10.6 Å². The Hall–Kier alpha value is -1.69. The van der Waals surface area contributed by atoms with Gasteiger partial charge >= 0.3 is 0 Å². The summed E-state index contributed by atoms with van der Waals surface area (Å²) in [6, 6.07) is 3.45. The number of anilines is 1. The van der Waals surface area contributed by atoms with E-state index >= 15 is 0 Å². The molecule has 18 heavy (non-hydrogen) atoms. The van der Waals surface area contributed by atoms with E-state index in [9.17, 15) is 4.79 Å². The summed E-state index contributed by atoms with van der Waals surface area (Å²) < 4.78 is 1.53. The van der Waals surface area contributed by atoms with Gasteiger partial charge in [-0.1, -0.05) is 24.7 Å². The van der Waals surface area contributed by atoms with Crippen molar-refractivity contribution in [1.82, 2.24) is 14.8 Å². The predicted octanol–water partition coefficient (Wildman–Crippen LogP) is 2.12. The fraction of sp³-hybridized carbons (Fsp3) is 0.417. The topological polar surface area (TPSA) is 59.8 Å². The van der Waals surface area contributed by atoms with Gasteiger partial charge in [0.1, 0.15) is 5.01 Å².